The number of hydrogen-bond donors (Lipinski definition) is 0. The number of carbonyl (C=O) groups is 1. The number of rotatable bonds is 6. The van der Waals surface area contributed by atoms with Crippen LogP contribution < -0.4 is 4.74 Å². The number of ketones is 1. The van der Waals surface area contributed by atoms with E-state index >= 15 is 0 Å². The molecule has 3 nitrogen and oxygen atoms in total. The zero-order valence-electron chi connectivity index (χ0n) is 11.1. The summed E-state index contributed by atoms with van der Waals surface area (Å²) in [5, 5.41) is 9.16. The summed E-state index contributed by atoms with van der Waals surface area (Å²) in [5.74, 6) is -0.00469. The lowest BCUT2D eigenvalue weighted by molar-refractivity contribution is -0.122. The summed E-state index contributed by atoms with van der Waals surface area (Å²) in [4.78, 5) is 12.1. The molecule has 3 heteroatoms. The van der Waals surface area contributed by atoms with E-state index in [1.165, 1.54) is 0 Å². The Labute approximate surface area is 108 Å². The Morgan fingerprint density at radius 3 is 2.39 bits per heavy atom. The molecule has 0 amide bonds. The Morgan fingerprint density at radius 1 is 1.33 bits per heavy atom. The fraction of sp³-hybridized carbons (Fsp3) is 0.467. The number of hydrogen-bond acceptors (Lipinski definition) is 3. The maximum absolute atomic E-state index is 12.1. The molecule has 96 valence electrons. The predicted octanol–water partition coefficient (Wildman–Crippen LogP) is 3.31. The van der Waals surface area contributed by atoms with Crippen molar-refractivity contribution in [3.8, 4) is 11.8 Å². The van der Waals surface area contributed by atoms with Crippen LogP contribution >= 0.6 is 0 Å². The largest absolute Gasteiger partial charge is 0.494 e. The molecular formula is C15H19NO2. The summed E-state index contributed by atoms with van der Waals surface area (Å²) in [6, 6.07) is 9.27. The second-order valence-electron chi connectivity index (χ2n) is 4.28. The average molecular weight is 245 g/mol. The van der Waals surface area contributed by atoms with Gasteiger partial charge in [0.1, 0.15) is 11.7 Å². The highest BCUT2D eigenvalue weighted by Gasteiger charge is 2.24. The van der Waals surface area contributed by atoms with Crippen molar-refractivity contribution in [2.45, 2.75) is 33.1 Å². The smallest absolute Gasteiger partial charge is 0.157 e. The first-order chi connectivity index (χ1) is 8.63. The van der Waals surface area contributed by atoms with Crippen molar-refractivity contribution in [1.82, 2.24) is 0 Å². The Hall–Kier alpha value is -1.82. The average Bonchev–Trinajstić information content (AvgIpc) is 2.40. The number of ether oxygens (including phenoxy) is 1. The second kappa shape index (κ2) is 6.80. The lowest BCUT2D eigenvalue weighted by Gasteiger charge is -2.13. The third-order valence-electron chi connectivity index (χ3n) is 3.04. The molecule has 0 spiro atoms. The SMILES string of the molecule is CCOc1ccc(C(C#N)C(=O)C(C)CC)cc1. The minimum Gasteiger partial charge on any atom is -0.494 e. The van der Waals surface area contributed by atoms with Crippen LogP contribution in [-0.4, -0.2) is 12.4 Å². The van der Waals surface area contributed by atoms with Gasteiger partial charge in [0.2, 0.25) is 0 Å². The topological polar surface area (TPSA) is 50.1 Å². The first kappa shape index (κ1) is 14.2. The summed E-state index contributed by atoms with van der Waals surface area (Å²) in [6.45, 7) is 6.34. The molecular weight excluding hydrogens is 226 g/mol. The number of benzene rings is 1. The van der Waals surface area contributed by atoms with Gasteiger partial charge in [0.05, 0.1) is 12.7 Å². The van der Waals surface area contributed by atoms with Gasteiger partial charge in [-0.05, 0) is 31.0 Å². The van der Waals surface area contributed by atoms with Crippen molar-refractivity contribution >= 4 is 5.78 Å². The minimum atomic E-state index is -0.671. The van der Waals surface area contributed by atoms with Crippen LogP contribution in [0.1, 0.15) is 38.7 Å². The molecule has 0 saturated carbocycles. The summed E-state index contributed by atoms with van der Waals surface area (Å²) >= 11 is 0. The number of carbonyl (C=O) groups excluding carboxylic acids is 1. The molecule has 2 atom stereocenters. The molecule has 0 N–H and O–H groups in total. The molecule has 0 aromatic heterocycles. The quantitative estimate of drug-likeness (QED) is 0.772. The van der Waals surface area contributed by atoms with Crippen LogP contribution in [0, 0.1) is 17.2 Å². The van der Waals surface area contributed by atoms with E-state index in [2.05, 4.69) is 6.07 Å². The first-order valence-corrected chi connectivity index (χ1v) is 6.30. The Morgan fingerprint density at radius 2 is 1.94 bits per heavy atom. The molecule has 0 radical (unpaired) electrons. The summed E-state index contributed by atoms with van der Waals surface area (Å²) in [7, 11) is 0. The third-order valence-corrected chi connectivity index (χ3v) is 3.04. The van der Waals surface area contributed by atoms with E-state index < -0.39 is 5.92 Å². The zero-order valence-corrected chi connectivity index (χ0v) is 11.1. The molecule has 1 rings (SSSR count). The highest BCUT2D eigenvalue weighted by atomic mass is 16.5. The molecule has 0 fully saturated rings. The third kappa shape index (κ3) is 3.33. The van der Waals surface area contributed by atoms with Gasteiger partial charge in [0.25, 0.3) is 0 Å². The van der Waals surface area contributed by atoms with Crippen LogP contribution in [0.25, 0.3) is 0 Å². The number of nitrogens with zero attached hydrogens (tertiary/aromatic N) is 1. The van der Waals surface area contributed by atoms with Crippen LogP contribution in [0.4, 0.5) is 0 Å². The van der Waals surface area contributed by atoms with Crippen molar-refractivity contribution in [3.63, 3.8) is 0 Å². The highest BCUT2D eigenvalue weighted by molar-refractivity contribution is 5.90. The van der Waals surface area contributed by atoms with Gasteiger partial charge in [0.15, 0.2) is 5.78 Å². The van der Waals surface area contributed by atoms with E-state index in [4.69, 9.17) is 10.00 Å². The van der Waals surface area contributed by atoms with E-state index in [-0.39, 0.29) is 11.7 Å². The fourth-order valence-electron chi connectivity index (χ4n) is 1.71. The van der Waals surface area contributed by atoms with Crippen LogP contribution in [0.3, 0.4) is 0 Å². The molecule has 0 bridgehead atoms. The summed E-state index contributed by atoms with van der Waals surface area (Å²) < 4.78 is 5.34. The van der Waals surface area contributed by atoms with Crippen molar-refractivity contribution in [1.29, 1.82) is 5.26 Å². The van der Waals surface area contributed by atoms with Crippen LogP contribution in [0.2, 0.25) is 0 Å². The fourth-order valence-corrected chi connectivity index (χ4v) is 1.71. The Bertz CT molecular complexity index is 431. The van der Waals surface area contributed by atoms with Gasteiger partial charge in [-0.2, -0.15) is 5.26 Å². The highest BCUT2D eigenvalue weighted by Crippen LogP contribution is 2.23. The summed E-state index contributed by atoms with van der Waals surface area (Å²) in [6.07, 6.45) is 0.758. The van der Waals surface area contributed by atoms with E-state index in [9.17, 15) is 4.79 Å². The van der Waals surface area contributed by atoms with Crippen molar-refractivity contribution < 1.29 is 9.53 Å². The van der Waals surface area contributed by atoms with Crippen molar-refractivity contribution in [3.05, 3.63) is 29.8 Å². The van der Waals surface area contributed by atoms with Gasteiger partial charge in [-0.1, -0.05) is 26.0 Å². The van der Waals surface area contributed by atoms with Gasteiger partial charge in [-0.25, -0.2) is 0 Å². The Kier molecular flexibility index (Phi) is 5.38. The monoisotopic (exact) mass is 245 g/mol. The van der Waals surface area contributed by atoms with Gasteiger partial charge in [0, 0.05) is 5.92 Å². The maximum Gasteiger partial charge on any atom is 0.157 e. The van der Waals surface area contributed by atoms with Gasteiger partial charge >= 0.3 is 0 Å². The maximum atomic E-state index is 12.1. The summed E-state index contributed by atoms with van der Waals surface area (Å²) in [5.41, 5.74) is 0.742. The first-order valence-electron chi connectivity index (χ1n) is 6.30. The van der Waals surface area contributed by atoms with Crippen LogP contribution in [0.15, 0.2) is 24.3 Å². The van der Waals surface area contributed by atoms with Crippen LogP contribution in [0.5, 0.6) is 5.75 Å². The second-order valence-corrected chi connectivity index (χ2v) is 4.28. The Balaban J connectivity index is 2.89. The molecule has 1 aromatic rings. The van der Waals surface area contributed by atoms with E-state index in [1.807, 2.05) is 20.8 Å². The molecule has 0 aliphatic heterocycles. The number of Topliss-reactive ketones (excluding diaryl/α,β-unsaturated/α-hetero) is 1. The van der Waals surface area contributed by atoms with Crippen molar-refractivity contribution in [2.24, 2.45) is 5.92 Å². The molecule has 1 aromatic carbocycles. The standard InChI is InChI=1S/C15H19NO2/c1-4-11(3)15(17)14(10-16)12-6-8-13(9-7-12)18-5-2/h6-9,11,14H,4-5H2,1-3H3. The van der Waals surface area contributed by atoms with E-state index in [0.717, 1.165) is 17.7 Å². The molecule has 0 aliphatic carbocycles. The molecule has 2 unspecified atom stereocenters. The predicted molar refractivity (Wildman–Crippen MR) is 70.4 cm³/mol. The van der Waals surface area contributed by atoms with Gasteiger partial charge in [-0.3, -0.25) is 4.79 Å². The number of nitriles is 1. The van der Waals surface area contributed by atoms with Crippen LogP contribution in [-0.2, 0) is 4.79 Å². The van der Waals surface area contributed by atoms with E-state index in [0.29, 0.717) is 6.61 Å². The lowest BCUT2D eigenvalue weighted by atomic mass is 9.88. The van der Waals surface area contributed by atoms with Crippen molar-refractivity contribution in [2.75, 3.05) is 6.61 Å². The minimum absolute atomic E-state index is 0.0100. The molecule has 0 aliphatic rings. The normalized spacial score (nSPS) is 13.4. The molecule has 0 heterocycles. The zero-order chi connectivity index (χ0) is 13.5. The van der Waals surface area contributed by atoms with Gasteiger partial charge in [-0.15, -0.1) is 0 Å². The molecule has 0 saturated heterocycles. The van der Waals surface area contributed by atoms with Gasteiger partial charge < -0.3 is 4.74 Å². The lowest BCUT2D eigenvalue weighted by Crippen LogP contribution is -2.18. The van der Waals surface area contributed by atoms with E-state index in [1.54, 1.807) is 24.3 Å². The molecule has 18 heavy (non-hydrogen) atoms.